The molecule has 0 amide bonds. The molecule has 0 saturated carbocycles. The smallest absolute Gasteiger partial charge is 0.323 e. The molecule has 0 aliphatic carbocycles. The maximum atomic E-state index is 11.3. The van der Waals surface area contributed by atoms with Crippen molar-refractivity contribution >= 4 is 5.97 Å². The monoisotopic (exact) mass is 293 g/mol. The van der Waals surface area contributed by atoms with Gasteiger partial charge in [-0.3, -0.25) is 4.79 Å². The van der Waals surface area contributed by atoms with Crippen LogP contribution in [0.3, 0.4) is 0 Å². The number of hydrogen-bond donors (Lipinski definition) is 2. The molecule has 0 radical (unpaired) electrons. The highest BCUT2D eigenvalue weighted by atomic mass is 16.5. The zero-order valence-electron chi connectivity index (χ0n) is 13.5. The Morgan fingerprint density at radius 2 is 1.90 bits per heavy atom. The molecule has 0 fully saturated rings. The van der Waals surface area contributed by atoms with Crippen LogP contribution in [-0.2, 0) is 4.79 Å². The maximum Gasteiger partial charge on any atom is 0.323 e. The highest BCUT2D eigenvalue weighted by Crippen LogP contribution is 2.17. The van der Waals surface area contributed by atoms with Crippen LogP contribution >= 0.6 is 0 Å². The van der Waals surface area contributed by atoms with E-state index in [1.54, 1.807) is 0 Å². The summed E-state index contributed by atoms with van der Waals surface area (Å²) in [7, 11) is 0. The summed E-state index contributed by atoms with van der Waals surface area (Å²) < 4.78 is 5.70. The standard InChI is InChI=1S/C17H27NO3/c1-5-17(6-2,16(19)20)18-10-7-11-21-15-9-8-13(3)14(4)12-15/h8-9,12,18H,5-7,10-11H2,1-4H3,(H,19,20). The number of aliphatic carboxylic acids is 1. The van der Waals surface area contributed by atoms with Crippen molar-refractivity contribution in [1.29, 1.82) is 0 Å². The Kier molecular flexibility index (Phi) is 6.69. The molecule has 0 bridgehead atoms. The minimum atomic E-state index is -0.805. The van der Waals surface area contributed by atoms with Crippen molar-refractivity contribution < 1.29 is 14.6 Å². The van der Waals surface area contributed by atoms with Crippen molar-refractivity contribution in [3.63, 3.8) is 0 Å². The molecule has 0 aliphatic heterocycles. The maximum absolute atomic E-state index is 11.3. The van der Waals surface area contributed by atoms with E-state index >= 15 is 0 Å². The van der Waals surface area contributed by atoms with Gasteiger partial charge in [0, 0.05) is 0 Å². The van der Waals surface area contributed by atoms with Crippen LogP contribution in [-0.4, -0.2) is 29.8 Å². The summed E-state index contributed by atoms with van der Waals surface area (Å²) in [5.74, 6) is 0.0937. The van der Waals surface area contributed by atoms with Crippen LogP contribution < -0.4 is 10.1 Å². The van der Waals surface area contributed by atoms with Crippen molar-refractivity contribution in [2.24, 2.45) is 0 Å². The molecule has 0 spiro atoms. The highest BCUT2D eigenvalue weighted by Gasteiger charge is 2.33. The molecule has 4 heteroatoms. The zero-order chi connectivity index (χ0) is 15.9. The van der Waals surface area contributed by atoms with Crippen LogP contribution in [0, 0.1) is 13.8 Å². The van der Waals surface area contributed by atoms with E-state index in [0.717, 1.165) is 12.2 Å². The number of rotatable bonds is 9. The van der Waals surface area contributed by atoms with Crippen LogP contribution in [0.4, 0.5) is 0 Å². The van der Waals surface area contributed by atoms with Gasteiger partial charge in [-0.25, -0.2) is 0 Å². The quantitative estimate of drug-likeness (QED) is 0.686. The molecule has 0 heterocycles. The Hall–Kier alpha value is -1.55. The number of carboxylic acids is 1. The van der Waals surface area contributed by atoms with Gasteiger partial charge < -0.3 is 15.2 Å². The Labute approximate surface area is 127 Å². The van der Waals surface area contributed by atoms with Crippen LogP contribution in [0.25, 0.3) is 0 Å². The first-order chi connectivity index (χ1) is 9.95. The van der Waals surface area contributed by atoms with Gasteiger partial charge in [0.2, 0.25) is 0 Å². The molecule has 0 unspecified atom stereocenters. The van der Waals surface area contributed by atoms with Crippen LogP contribution in [0.15, 0.2) is 18.2 Å². The highest BCUT2D eigenvalue weighted by molar-refractivity contribution is 5.78. The largest absolute Gasteiger partial charge is 0.494 e. The molecule has 1 rings (SSSR count). The molecule has 0 saturated heterocycles. The number of hydrogen-bond acceptors (Lipinski definition) is 3. The second-order valence-electron chi connectivity index (χ2n) is 5.47. The molecular formula is C17H27NO3. The number of carboxylic acid groups (broad SMARTS) is 1. The van der Waals surface area contributed by atoms with Gasteiger partial charge in [-0.1, -0.05) is 19.9 Å². The van der Waals surface area contributed by atoms with Gasteiger partial charge in [0.1, 0.15) is 11.3 Å². The molecular weight excluding hydrogens is 266 g/mol. The topological polar surface area (TPSA) is 58.6 Å². The van der Waals surface area contributed by atoms with Crippen LogP contribution in [0.5, 0.6) is 5.75 Å². The summed E-state index contributed by atoms with van der Waals surface area (Å²) in [6.45, 7) is 9.15. The minimum Gasteiger partial charge on any atom is -0.494 e. The number of nitrogens with one attached hydrogen (secondary N) is 1. The molecule has 1 aromatic carbocycles. The molecule has 0 aromatic heterocycles. The summed E-state index contributed by atoms with van der Waals surface area (Å²) in [6.07, 6.45) is 1.94. The average Bonchev–Trinajstić information content (AvgIpc) is 2.46. The predicted molar refractivity (Wildman–Crippen MR) is 85.0 cm³/mol. The van der Waals surface area contributed by atoms with Gasteiger partial charge in [-0.15, -0.1) is 0 Å². The Balaban J connectivity index is 2.37. The second-order valence-corrected chi connectivity index (χ2v) is 5.47. The first kappa shape index (κ1) is 17.5. The Bertz CT molecular complexity index is 467. The minimum absolute atomic E-state index is 0.580. The number of aryl methyl sites for hydroxylation is 2. The molecule has 0 atom stereocenters. The lowest BCUT2D eigenvalue weighted by Crippen LogP contribution is -2.51. The van der Waals surface area contributed by atoms with Gasteiger partial charge >= 0.3 is 5.97 Å². The summed E-state index contributed by atoms with van der Waals surface area (Å²) in [4.78, 5) is 11.3. The van der Waals surface area contributed by atoms with E-state index in [2.05, 4.69) is 19.2 Å². The first-order valence-electron chi connectivity index (χ1n) is 7.63. The van der Waals surface area contributed by atoms with Gasteiger partial charge in [0.05, 0.1) is 6.61 Å². The normalized spacial score (nSPS) is 11.4. The third-order valence-electron chi connectivity index (χ3n) is 4.15. The number of benzene rings is 1. The van der Waals surface area contributed by atoms with E-state index in [9.17, 15) is 9.90 Å². The fourth-order valence-electron chi connectivity index (χ4n) is 2.27. The van der Waals surface area contributed by atoms with Gasteiger partial charge in [0.15, 0.2) is 0 Å². The number of ether oxygens (including phenoxy) is 1. The van der Waals surface area contributed by atoms with Gasteiger partial charge in [0.25, 0.3) is 0 Å². The van der Waals surface area contributed by atoms with E-state index in [1.807, 2.05) is 32.0 Å². The summed E-state index contributed by atoms with van der Waals surface area (Å²) >= 11 is 0. The SMILES string of the molecule is CCC(CC)(NCCCOc1ccc(C)c(C)c1)C(=O)O. The molecule has 21 heavy (non-hydrogen) atoms. The van der Waals surface area contributed by atoms with E-state index in [0.29, 0.717) is 26.0 Å². The fourth-order valence-corrected chi connectivity index (χ4v) is 2.27. The lowest BCUT2D eigenvalue weighted by molar-refractivity contribution is -0.145. The van der Waals surface area contributed by atoms with Crippen LogP contribution in [0.2, 0.25) is 0 Å². The summed E-state index contributed by atoms with van der Waals surface area (Å²) in [5, 5.41) is 12.5. The van der Waals surface area contributed by atoms with Gasteiger partial charge in [-0.2, -0.15) is 0 Å². The van der Waals surface area contributed by atoms with E-state index in [-0.39, 0.29) is 0 Å². The van der Waals surface area contributed by atoms with E-state index in [4.69, 9.17) is 4.74 Å². The van der Waals surface area contributed by atoms with Crippen molar-refractivity contribution in [3.8, 4) is 5.75 Å². The Morgan fingerprint density at radius 3 is 2.43 bits per heavy atom. The van der Waals surface area contributed by atoms with Crippen molar-refractivity contribution in [2.75, 3.05) is 13.2 Å². The zero-order valence-corrected chi connectivity index (χ0v) is 13.5. The predicted octanol–water partition coefficient (Wildman–Crippen LogP) is 3.31. The molecule has 2 N–H and O–H groups in total. The lowest BCUT2D eigenvalue weighted by Gasteiger charge is -2.28. The van der Waals surface area contributed by atoms with Crippen LogP contribution in [0.1, 0.15) is 44.2 Å². The van der Waals surface area contributed by atoms with E-state index < -0.39 is 11.5 Å². The van der Waals surface area contributed by atoms with Gasteiger partial charge in [-0.05, 0) is 62.9 Å². The third-order valence-corrected chi connectivity index (χ3v) is 4.15. The van der Waals surface area contributed by atoms with Crippen molar-refractivity contribution in [3.05, 3.63) is 29.3 Å². The summed E-state index contributed by atoms with van der Waals surface area (Å²) in [5.41, 5.74) is 1.66. The third kappa shape index (κ3) is 4.74. The van der Waals surface area contributed by atoms with E-state index in [1.165, 1.54) is 11.1 Å². The molecule has 0 aliphatic rings. The lowest BCUT2D eigenvalue weighted by atomic mass is 9.93. The fraction of sp³-hybridized carbons (Fsp3) is 0.588. The number of carbonyl (C=O) groups is 1. The molecule has 4 nitrogen and oxygen atoms in total. The van der Waals surface area contributed by atoms with Crippen molar-refractivity contribution in [1.82, 2.24) is 5.32 Å². The average molecular weight is 293 g/mol. The second kappa shape index (κ2) is 8.03. The Morgan fingerprint density at radius 1 is 1.24 bits per heavy atom. The first-order valence-corrected chi connectivity index (χ1v) is 7.63. The van der Waals surface area contributed by atoms with Crippen molar-refractivity contribution in [2.45, 2.75) is 52.5 Å². The summed E-state index contributed by atoms with van der Waals surface area (Å²) in [6, 6.07) is 6.05. The molecule has 118 valence electrons. The molecule has 1 aromatic rings.